The summed E-state index contributed by atoms with van der Waals surface area (Å²) in [6.45, 7) is 3.51. The number of rotatable bonds is 2. The normalized spacial score (nSPS) is 22.5. The van der Waals surface area contributed by atoms with Crippen LogP contribution in [0.5, 0.6) is 0 Å². The molecule has 0 aliphatic carbocycles. The molecule has 116 valence electrons. The van der Waals surface area contributed by atoms with E-state index in [0.29, 0.717) is 11.6 Å². The quantitative estimate of drug-likeness (QED) is 0.901. The standard InChI is InChI=1S/C15H20N6O/c22-15(20-5-1-2-6-20)11-4-3-7-21(8-11)14-12-13(17-9-16-12)18-10-19-14/h9-11H,1-8H2,(H,16,17,18,19)/t11-/m1/s1. The van der Waals surface area contributed by atoms with Gasteiger partial charge in [0.25, 0.3) is 0 Å². The van der Waals surface area contributed by atoms with Crippen molar-refractivity contribution in [2.24, 2.45) is 5.92 Å². The molecule has 2 aromatic heterocycles. The third-order valence-electron chi connectivity index (χ3n) is 4.69. The zero-order valence-corrected chi connectivity index (χ0v) is 12.5. The predicted octanol–water partition coefficient (Wildman–Crippen LogP) is 1.19. The Morgan fingerprint density at radius 1 is 1.14 bits per heavy atom. The number of H-pyrrole nitrogens is 1. The number of hydrogen-bond acceptors (Lipinski definition) is 5. The van der Waals surface area contributed by atoms with Crippen molar-refractivity contribution >= 4 is 22.9 Å². The van der Waals surface area contributed by atoms with Gasteiger partial charge in [0, 0.05) is 26.2 Å². The van der Waals surface area contributed by atoms with Crippen LogP contribution in [0.4, 0.5) is 5.82 Å². The molecule has 0 aromatic carbocycles. The van der Waals surface area contributed by atoms with Gasteiger partial charge >= 0.3 is 0 Å². The van der Waals surface area contributed by atoms with Crippen LogP contribution in [0.25, 0.3) is 11.2 Å². The van der Waals surface area contributed by atoms with Gasteiger partial charge in [-0.2, -0.15) is 0 Å². The first kappa shape index (κ1) is 13.5. The molecule has 4 heterocycles. The highest BCUT2D eigenvalue weighted by atomic mass is 16.2. The van der Waals surface area contributed by atoms with E-state index in [1.807, 2.05) is 4.90 Å². The number of anilines is 1. The van der Waals surface area contributed by atoms with E-state index in [-0.39, 0.29) is 5.92 Å². The Balaban J connectivity index is 1.55. The van der Waals surface area contributed by atoms with Crippen molar-refractivity contribution in [3.05, 3.63) is 12.7 Å². The van der Waals surface area contributed by atoms with Crippen LogP contribution in [0.2, 0.25) is 0 Å². The van der Waals surface area contributed by atoms with E-state index >= 15 is 0 Å². The first-order valence-electron chi connectivity index (χ1n) is 8.01. The lowest BCUT2D eigenvalue weighted by atomic mass is 9.96. The maximum Gasteiger partial charge on any atom is 0.227 e. The van der Waals surface area contributed by atoms with E-state index in [1.165, 1.54) is 0 Å². The molecule has 2 fully saturated rings. The van der Waals surface area contributed by atoms with Gasteiger partial charge in [-0.1, -0.05) is 0 Å². The summed E-state index contributed by atoms with van der Waals surface area (Å²) >= 11 is 0. The van der Waals surface area contributed by atoms with Crippen molar-refractivity contribution in [1.82, 2.24) is 24.8 Å². The Morgan fingerprint density at radius 3 is 2.86 bits per heavy atom. The third kappa shape index (κ3) is 2.30. The summed E-state index contributed by atoms with van der Waals surface area (Å²) < 4.78 is 0. The average Bonchev–Trinajstić information content (AvgIpc) is 3.25. The number of imidazole rings is 1. The highest BCUT2D eigenvalue weighted by Crippen LogP contribution is 2.27. The van der Waals surface area contributed by atoms with E-state index in [4.69, 9.17) is 0 Å². The lowest BCUT2D eigenvalue weighted by Gasteiger charge is -2.34. The molecule has 0 spiro atoms. The summed E-state index contributed by atoms with van der Waals surface area (Å²) in [6, 6.07) is 0. The Hall–Kier alpha value is -2.18. The van der Waals surface area contributed by atoms with Crippen LogP contribution in [0.3, 0.4) is 0 Å². The van der Waals surface area contributed by atoms with Crippen LogP contribution in [0.15, 0.2) is 12.7 Å². The largest absolute Gasteiger partial charge is 0.354 e. The minimum absolute atomic E-state index is 0.0831. The number of aromatic amines is 1. The van der Waals surface area contributed by atoms with Gasteiger partial charge in [-0.15, -0.1) is 0 Å². The summed E-state index contributed by atoms with van der Waals surface area (Å²) in [5, 5.41) is 0. The van der Waals surface area contributed by atoms with Gasteiger partial charge in [-0.05, 0) is 25.7 Å². The molecule has 0 radical (unpaired) electrons. The smallest absolute Gasteiger partial charge is 0.227 e. The van der Waals surface area contributed by atoms with Gasteiger partial charge in [-0.3, -0.25) is 4.79 Å². The molecule has 1 N–H and O–H groups in total. The summed E-state index contributed by atoms with van der Waals surface area (Å²) in [5.41, 5.74) is 1.54. The highest BCUT2D eigenvalue weighted by Gasteiger charge is 2.31. The van der Waals surface area contributed by atoms with Gasteiger partial charge in [0.05, 0.1) is 12.2 Å². The Morgan fingerprint density at radius 2 is 2.00 bits per heavy atom. The number of hydrogen-bond donors (Lipinski definition) is 1. The van der Waals surface area contributed by atoms with Crippen molar-refractivity contribution in [2.45, 2.75) is 25.7 Å². The van der Waals surface area contributed by atoms with Crippen molar-refractivity contribution in [2.75, 3.05) is 31.1 Å². The molecule has 1 atom stereocenters. The molecule has 2 aromatic rings. The number of carbonyl (C=O) groups is 1. The Bertz CT molecular complexity index is 677. The number of fused-ring (bicyclic) bond motifs is 1. The average molecular weight is 300 g/mol. The Labute approximate surface area is 128 Å². The molecule has 7 heteroatoms. The molecule has 2 aliphatic rings. The minimum atomic E-state index is 0.0831. The molecule has 2 saturated heterocycles. The molecule has 4 rings (SSSR count). The van der Waals surface area contributed by atoms with Gasteiger partial charge in [0.15, 0.2) is 11.5 Å². The van der Waals surface area contributed by atoms with Crippen LogP contribution >= 0.6 is 0 Å². The molecule has 1 amide bonds. The summed E-state index contributed by atoms with van der Waals surface area (Å²) in [4.78, 5) is 32.7. The van der Waals surface area contributed by atoms with E-state index < -0.39 is 0 Å². The van der Waals surface area contributed by atoms with E-state index in [9.17, 15) is 4.79 Å². The van der Waals surface area contributed by atoms with Crippen LogP contribution in [-0.4, -0.2) is 56.9 Å². The first-order chi connectivity index (χ1) is 10.8. The summed E-state index contributed by atoms with van der Waals surface area (Å²) in [5.74, 6) is 1.26. The van der Waals surface area contributed by atoms with Crippen molar-refractivity contribution in [3.8, 4) is 0 Å². The van der Waals surface area contributed by atoms with Gasteiger partial charge in [-0.25, -0.2) is 15.0 Å². The molecular weight excluding hydrogens is 280 g/mol. The number of likely N-dealkylation sites (tertiary alicyclic amines) is 1. The zero-order chi connectivity index (χ0) is 14.9. The third-order valence-corrected chi connectivity index (χ3v) is 4.69. The summed E-state index contributed by atoms with van der Waals surface area (Å²) in [7, 11) is 0. The number of nitrogens with zero attached hydrogens (tertiary/aromatic N) is 5. The topological polar surface area (TPSA) is 78.0 Å². The van der Waals surface area contributed by atoms with Gasteiger partial charge in [0.2, 0.25) is 5.91 Å². The lowest BCUT2D eigenvalue weighted by molar-refractivity contribution is -0.134. The molecular formula is C15H20N6O. The first-order valence-corrected chi connectivity index (χ1v) is 8.01. The van der Waals surface area contributed by atoms with E-state index in [0.717, 1.165) is 63.2 Å². The van der Waals surface area contributed by atoms with Crippen LogP contribution in [0, 0.1) is 5.92 Å². The second-order valence-corrected chi connectivity index (χ2v) is 6.12. The second kappa shape index (κ2) is 5.55. The highest BCUT2D eigenvalue weighted by molar-refractivity contribution is 5.84. The molecule has 0 saturated carbocycles. The number of piperidine rings is 1. The van der Waals surface area contributed by atoms with Crippen LogP contribution < -0.4 is 4.90 Å². The van der Waals surface area contributed by atoms with E-state index in [1.54, 1.807) is 12.7 Å². The SMILES string of the molecule is O=C([C@@H]1CCCN(c2ncnc3nc[nH]c23)C1)N1CCCC1. The number of aromatic nitrogens is 4. The lowest BCUT2D eigenvalue weighted by Crippen LogP contribution is -2.44. The fourth-order valence-corrected chi connectivity index (χ4v) is 3.56. The maximum atomic E-state index is 12.6. The monoisotopic (exact) mass is 300 g/mol. The number of amides is 1. The fraction of sp³-hybridized carbons (Fsp3) is 0.600. The van der Waals surface area contributed by atoms with Crippen LogP contribution in [0.1, 0.15) is 25.7 Å². The minimum Gasteiger partial charge on any atom is -0.354 e. The number of carbonyl (C=O) groups excluding carboxylic acids is 1. The van der Waals surface area contributed by atoms with Crippen molar-refractivity contribution in [1.29, 1.82) is 0 Å². The molecule has 0 bridgehead atoms. The summed E-state index contributed by atoms with van der Waals surface area (Å²) in [6.07, 6.45) is 7.46. The maximum absolute atomic E-state index is 12.6. The van der Waals surface area contributed by atoms with Gasteiger partial charge < -0.3 is 14.8 Å². The van der Waals surface area contributed by atoms with E-state index in [2.05, 4.69) is 24.8 Å². The Kier molecular flexibility index (Phi) is 3.40. The molecule has 2 aliphatic heterocycles. The molecule has 22 heavy (non-hydrogen) atoms. The predicted molar refractivity (Wildman–Crippen MR) is 82.4 cm³/mol. The van der Waals surface area contributed by atoms with Gasteiger partial charge in [0.1, 0.15) is 11.8 Å². The van der Waals surface area contributed by atoms with Crippen molar-refractivity contribution < 1.29 is 4.79 Å². The number of nitrogens with one attached hydrogen (secondary N) is 1. The fourth-order valence-electron chi connectivity index (χ4n) is 3.56. The van der Waals surface area contributed by atoms with Crippen LogP contribution in [-0.2, 0) is 4.79 Å². The molecule has 0 unspecified atom stereocenters. The second-order valence-electron chi connectivity index (χ2n) is 6.12. The molecule has 7 nitrogen and oxygen atoms in total. The van der Waals surface area contributed by atoms with Crippen molar-refractivity contribution in [3.63, 3.8) is 0 Å². The zero-order valence-electron chi connectivity index (χ0n) is 12.5.